The third-order valence-corrected chi connectivity index (χ3v) is 3.46. The summed E-state index contributed by atoms with van der Waals surface area (Å²) in [5, 5.41) is 26.0. The van der Waals surface area contributed by atoms with E-state index in [9.17, 15) is 10.1 Å². The summed E-state index contributed by atoms with van der Waals surface area (Å²) in [6.45, 7) is 0. The van der Waals surface area contributed by atoms with Crippen LogP contribution >= 0.6 is 0 Å². The number of H-pyrrole nitrogens is 1. The average Bonchev–Trinajstić information content (AvgIpc) is 2.93. The quantitative estimate of drug-likeness (QED) is 0.210. The summed E-state index contributed by atoms with van der Waals surface area (Å²) in [7, 11) is 0. The molecule has 0 aliphatic heterocycles. The van der Waals surface area contributed by atoms with E-state index in [2.05, 4.69) is 20.8 Å². The molecule has 0 saturated carbocycles. The SMILES string of the molecule is N=C(N)N/N=C/c1[nH]c2ccccc2c1Nc1ccc([N+](=O)[O-])cc1. The number of para-hydroxylation sites is 1. The topological polar surface area (TPSA) is 145 Å². The molecule has 9 nitrogen and oxygen atoms in total. The minimum atomic E-state index is -0.443. The number of anilines is 2. The predicted octanol–water partition coefficient (Wildman–Crippen LogP) is 2.64. The summed E-state index contributed by atoms with van der Waals surface area (Å²) in [6, 6.07) is 13.8. The van der Waals surface area contributed by atoms with Gasteiger partial charge in [-0.3, -0.25) is 15.5 Å². The van der Waals surface area contributed by atoms with Crippen molar-refractivity contribution in [1.82, 2.24) is 10.4 Å². The summed E-state index contributed by atoms with van der Waals surface area (Å²) in [5.74, 6) is -0.266. The fourth-order valence-corrected chi connectivity index (χ4v) is 2.37. The number of nitro benzene ring substituents is 1. The fraction of sp³-hybridized carbons (Fsp3) is 0. The molecule has 2 aromatic carbocycles. The van der Waals surface area contributed by atoms with Gasteiger partial charge < -0.3 is 16.0 Å². The maximum absolute atomic E-state index is 10.8. The van der Waals surface area contributed by atoms with Gasteiger partial charge in [-0.2, -0.15) is 5.10 Å². The van der Waals surface area contributed by atoms with Crippen molar-refractivity contribution in [3.8, 4) is 0 Å². The highest BCUT2D eigenvalue weighted by Gasteiger charge is 2.11. The van der Waals surface area contributed by atoms with Crippen molar-refractivity contribution in [2.45, 2.75) is 0 Å². The van der Waals surface area contributed by atoms with E-state index in [0.717, 1.165) is 16.6 Å². The molecule has 126 valence electrons. The number of hydrazone groups is 1. The molecule has 0 unspecified atom stereocenters. The Morgan fingerprint density at radius 1 is 1.24 bits per heavy atom. The third kappa shape index (κ3) is 3.55. The molecule has 0 radical (unpaired) electrons. The molecule has 0 amide bonds. The first kappa shape index (κ1) is 16.0. The number of nitro groups is 1. The van der Waals surface area contributed by atoms with Crippen LogP contribution in [0.5, 0.6) is 0 Å². The molecular weight excluding hydrogens is 322 g/mol. The average molecular weight is 337 g/mol. The summed E-state index contributed by atoms with van der Waals surface area (Å²) in [5.41, 5.74) is 10.6. The van der Waals surface area contributed by atoms with Crippen LogP contribution in [-0.4, -0.2) is 22.1 Å². The standard InChI is InChI=1S/C16H15N7O2/c17-16(18)22-19-9-14-15(12-3-1-2-4-13(12)21-14)20-10-5-7-11(8-6-10)23(24)25/h1-9,20-21H,(H4,17,18,22)/b19-9+. The largest absolute Gasteiger partial charge is 0.369 e. The summed E-state index contributed by atoms with van der Waals surface area (Å²) >= 11 is 0. The van der Waals surface area contributed by atoms with Gasteiger partial charge in [-0.25, -0.2) is 5.43 Å². The molecule has 6 N–H and O–H groups in total. The molecule has 0 aliphatic carbocycles. The molecule has 3 rings (SSSR count). The van der Waals surface area contributed by atoms with E-state index in [1.165, 1.54) is 18.3 Å². The van der Waals surface area contributed by atoms with Gasteiger partial charge in [-0.1, -0.05) is 18.2 Å². The van der Waals surface area contributed by atoms with Gasteiger partial charge in [0.25, 0.3) is 5.69 Å². The van der Waals surface area contributed by atoms with Crippen molar-refractivity contribution in [2.24, 2.45) is 10.8 Å². The number of rotatable bonds is 5. The number of aromatic nitrogens is 1. The Balaban J connectivity index is 1.96. The number of hydrogen-bond acceptors (Lipinski definition) is 5. The second-order valence-electron chi connectivity index (χ2n) is 5.17. The normalized spacial score (nSPS) is 10.9. The number of benzene rings is 2. The molecule has 25 heavy (non-hydrogen) atoms. The Hall–Kier alpha value is -3.88. The Bertz CT molecular complexity index is 960. The molecule has 9 heteroatoms. The van der Waals surface area contributed by atoms with Crippen LogP contribution in [0.25, 0.3) is 10.9 Å². The van der Waals surface area contributed by atoms with Crippen LogP contribution in [0.4, 0.5) is 17.1 Å². The number of fused-ring (bicyclic) bond motifs is 1. The maximum atomic E-state index is 10.8. The van der Waals surface area contributed by atoms with Crippen LogP contribution < -0.4 is 16.5 Å². The van der Waals surface area contributed by atoms with Crippen molar-refractivity contribution in [3.63, 3.8) is 0 Å². The summed E-state index contributed by atoms with van der Waals surface area (Å²) in [4.78, 5) is 13.5. The van der Waals surface area contributed by atoms with Gasteiger partial charge in [0.05, 0.1) is 22.5 Å². The third-order valence-electron chi connectivity index (χ3n) is 3.46. The highest BCUT2D eigenvalue weighted by Crippen LogP contribution is 2.30. The molecule has 0 fully saturated rings. The Morgan fingerprint density at radius 3 is 2.64 bits per heavy atom. The summed E-state index contributed by atoms with van der Waals surface area (Å²) < 4.78 is 0. The number of aromatic amines is 1. The second-order valence-corrected chi connectivity index (χ2v) is 5.17. The number of guanidine groups is 1. The highest BCUT2D eigenvalue weighted by molar-refractivity contribution is 6.04. The number of nitrogens with two attached hydrogens (primary N) is 1. The highest BCUT2D eigenvalue weighted by atomic mass is 16.6. The zero-order valence-corrected chi connectivity index (χ0v) is 13.0. The minimum Gasteiger partial charge on any atom is -0.369 e. The van der Waals surface area contributed by atoms with Crippen molar-refractivity contribution >= 4 is 40.1 Å². The van der Waals surface area contributed by atoms with Gasteiger partial charge in [0, 0.05) is 28.7 Å². The Morgan fingerprint density at radius 2 is 1.96 bits per heavy atom. The number of nitrogens with one attached hydrogen (secondary N) is 4. The molecular formula is C16H15N7O2. The maximum Gasteiger partial charge on any atom is 0.269 e. The molecule has 0 aliphatic rings. The van der Waals surface area contributed by atoms with E-state index in [0.29, 0.717) is 11.4 Å². The van der Waals surface area contributed by atoms with Crippen LogP contribution in [-0.2, 0) is 0 Å². The van der Waals surface area contributed by atoms with E-state index in [1.54, 1.807) is 12.1 Å². The van der Waals surface area contributed by atoms with Gasteiger partial charge in [-0.05, 0) is 18.2 Å². The van der Waals surface area contributed by atoms with Gasteiger partial charge in [0.2, 0.25) is 5.96 Å². The van der Waals surface area contributed by atoms with Crippen molar-refractivity contribution < 1.29 is 4.92 Å². The van der Waals surface area contributed by atoms with Gasteiger partial charge in [-0.15, -0.1) is 0 Å². The van der Waals surface area contributed by atoms with E-state index in [1.807, 2.05) is 24.3 Å². The first-order valence-electron chi connectivity index (χ1n) is 7.30. The zero-order chi connectivity index (χ0) is 17.8. The van der Waals surface area contributed by atoms with E-state index in [4.69, 9.17) is 11.1 Å². The molecule has 1 heterocycles. The molecule has 3 aromatic rings. The number of nitrogens with zero attached hydrogens (tertiary/aromatic N) is 2. The first-order chi connectivity index (χ1) is 12.0. The lowest BCUT2D eigenvalue weighted by atomic mass is 10.2. The van der Waals surface area contributed by atoms with Crippen LogP contribution in [0.15, 0.2) is 53.6 Å². The lowest BCUT2D eigenvalue weighted by Gasteiger charge is -2.06. The van der Waals surface area contributed by atoms with Crippen molar-refractivity contribution in [2.75, 3.05) is 5.32 Å². The zero-order valence-electron chi connectivity index (χ0n) is 13.0. The van der Waals surface area contributed by atoms with Crippen LogP contribution in [0.1, 0.15) is 5.69 Å². The van der Waals surface area contributed by atoms with Crippen molar-refractivity contribution in [3.05, 3.63) is 64.3 Å². The fourth-order valence-electron chi connectivity index (χ4n) is 2.37. The molecule has 0 bridgehead atoms. The monoisotopic (exact) mass is 337 g/mol. The summed E-state index contributed by atoms with van der Waals surface area (Å²) in [6.07, 6.45) is 1.51. The van der Waals surface area contributed by atoms with Crippen LogP contribution in [0, 0.1) is 15.5 Å². The lowest BCUT2D eigenvalue weighted by molar-refractivity contribution is -0.384. The molecule has 0 spiro atoms. The van der Waals surface area contributed by atoms with Crippen molar-refractivity contribution in [1.29, 1.82) is 5.41 Å². The van der Waals surface area contributed by atoms with Gasteiger partial charge in [0.1, 0.15) is 0 Å². The molecule has 0 saturated heterocycles. The van der Waals surface area contributed by atoms with E-state index in [-0.39, 0.29) is 11.6 Å². The van der Waals surface area contributed by atoms with E-state index >= 15 is 0 Å². The van der Waals surface area contributed by atoms with Crippen LogP contribution in [0.3, 0.4) is 0 Å². The second kappa shape index (κ2) is 6.71. The minimum absolute atomic E-state index is 0.0249. The molecule has 0 atom stereocenters. The first-order valence-corrected chi connectivity index (χ1v) is 7.30. The Kier molecular flexibility index (Phi) is 4.29. The Labute approximate surface area is 142 Å². The van der Waals surface area contributed by atoms with E-state index < -0.39 is 4.92 Å². The van der Waals surface area contributed by atoms with Crippen LogP contribution in [0.2, 0.25) is 0 Å². The molecule has 1 aromatic heterocycles. The smallest absolute Gasteiger partial charge is 0.269 e. The predicted molar refractivity (Wildman–Crippen MR) is 97.3 cm³/mol. The van der Waals surface area contributed by atoms with Gasteiger partial charge in [0.15, 0.2) is 0 Å². The lowest BCUT2D eigenvalue weighted by Crippen LogP contribution is -2.25. The van der Waals surface area contributed by atoms with Gasteiger partial charge >= 0.3 is 0 Å². The number of non-ortho nitro benzene ring substituents is 1. The number of hydrogen-bond donors (Lipinski definition) is 5.